The Bertz CT molecular complexity index is 1520. The summed E-state index contributed by atoms with van der Waals surface area (Å²) < 4.78 is 39.2. The Balaban J connectivity index is 1.69. The fourth-order valence-corrected chi connectivity index (χ4v) is 4.37. The van der Waals surface area contributed by atoms with Crippen LogP contribution in [0.5, 0.6) is 5.75 Å². The molecule has 0 radical (unpaired) electrons. The number of aliphatic hydroxyl groups excluding tert-OH is 1. The summed E-state index contributed by atoms with van der Waals surface area (Å²) in [5.41, 5.74) is -0.362. The number of fused-ring (bicyclic) bond motifs is 1. The lowest BCUT2D eigenvalue weighted by molar-refractivity contribution is -0.137. The number of halogens is 3. The topological polar surface area (TPSA) is 77.8 Å². The van der Waals surface area contributed by atoms with Crippen LogP contribution < -0.4 is 4.90 Å². The van der Waals surface area contributed by atoms with Crippen LogP contribution in [0, 0.1) is 0 Å². The monoisotopic (exact) mass is 489 g/mol. The summed E-state index contributed by atoms with van der Waals surface area (Å²) in [5, 5.41) is 22.7. The maximum Gasteiger partial charge on any atom is 0.416 e. The molecule has 0 aromatic heterocycles. The summed E-state index contributed by atoms with van der Waals surface area (Å²) in [5.74, 6) is -2.43. The molecule has 1 fully saturated rings. The Hall–Kier alpha value is -4.59. The number of Topliss-reactive ketones (excluding diaryl/α,β-unsaturated/α-hetero) is 1. The largest absolute Gasteiger partial charge is 0.508 e. The normalized spacial score (nSPS) is 17.6. The fraction of sp³-hybridized carbons (Fsp3) is 0.0714. The summed E-state index contributed by atoms with van der Waals surface area (Å²) in [6.45, 7) is 0. The second kappa shape index (κ2) is 8.57. The first-order chi connectivity index (χ1) is 17.1. The van der Waals surface area contributed by atoms with Crippen molar-refractivity contribution in [2.75, 3.05) is 4.90 Å². The molecule has 1 aliphatic rings. The highest BCUT2D eigenvalue weighted by molar-refractivity contribution is 6.51. The number of carbonyl (C=O) groups is 2. The first-order valence-corrected chi connectivity index (χ1v) is 10.9. The van der Waals surface area contributed by atoms with Gasteiger partial charge in [-0.15, -0.1) is 0 Å². The summed E-state index contributed by atoms with van der Waals surface area (Å²) in [6.07, 6.45) is -4.57. The van der Waals surface area contributed by atoms with Crippen LogP contribution in [0.1, 0.15) is 22.7 Å². The summed E-state index contributed by atoms with van der Waals surface area (Å²) in [4.78, 5) is 27.4. The number of alkyl halides is 3. The molecule has 0 spiro atoms. The van der Waals surface area contributed by atoms with Crippen LogP contribution >= 0.6 is 0 Å². The number of ketones is 1. The lowest BCUT2D eigenvalue weighted by atomic mass is 9.94. The van der Waals surface area contributed by atoms with E-state index in [1.165, 1.54) is 24.3 Å². The number of rotatable bonds is 3. The van der Waals surface area contributed by atoms with Crippen LogP contribution in [0.2, 0.25) is 0 Å². The van der Waals surface area contributed by atoms with Gasteiger partial charge in [0.15, 0.2) is 0 Å². The third-order valence-corrected chi connectivity index (χ3v) is 6.15. The van der Waals surface area contributed by atoms with E-state index in [0.29, 0.717) is 11.1 Å². The Morgan fingerprint density at radius 3 is 2.08 bits per heavy atom. The molecule has 1 saturated heterocycles. The zero-order chi connectivity index (χ0) is 25.6. The Labute approximate surface area is 203 Å². The van der Waals surface area contributed by atoms with Crippen molar-refractivity contribution in [3.05, 3.63) is 113 Å². The summed E-state index contributed by atoms with van der Waals surface area (Å²) >= 11 is 0. The molecule has 1 aliphatic heterocycles. The number of hydrogen-bond acceptors (Lipinski definition) is 4. The van der Waals surface area contributed by atoms with Gasteiger partial charge in [-0.25, -0.2) is 0 Å². The second-order valence-corrected chi connectivity index (χ2v) is 8.37. The van der Waals surface area contributed by atoms with E-state index in [2.05, 4.69) is 0 Å². The van der Waals surface area contributed by atoms with Crippen molar-refractivity contribution in [3.63, 3.8) is 0 Å². The molecule has 0 aliphatic carbocycles. The first kappa shape index (κ1) is 23.2. The van der Waals surface area contributed by atoms with Crippen LogP contribution in [0.15, 0.2) is 96.6 Å². The predicted molar refractivity (Wildman–Crippen MR) is 128 cm³/mol. The molecule has 5 nitrogen and oxygen atoms in total. The van der Waals surface area contributed by atoms with Gasteiger partial charge in [-0.1, -0.05) is 48.5 Å². The average molecular weight is 489 g/mol. The number of benzene rings is 4. The molecule has 36 heavy (non-hydrogen) atoms. The molecule has 4 aromatic carbocycles. The van der Waals surface area contributed by atoms with E-state index in [4.69, 9.17) is 0 Å². The highest BCUT2D eigenvalue weighted by Gasteiger charge is 2.47. The highest BCUT2D eigenvalue weighted by Crippen LogP contribution is 2.43. The number of aliphatic hydroxyl groups is 1. The molecule has 2 N–H and O–H groups in total. The minimum atomic E-state index is -4.57. The van der Waals surface area contributed by atoms with Crippen molar-refractivity contribution in [1.82, 2.24) is 0 Å². The Morgan fingerprint density at radius 2 is 1.44 bits per heavy atom. The van der Waals surface area contributed by atoms with Gasteiger partial charge in [-0.05, 0) is 58.8 Å². The number of anilines is 1. The summed E-state index contributed by atoms with van der Waals surface area (Å²) in [7, 11) is 0. The van der Waals surface area contributed by atoms with Crippen molar-refractivity contribution in [2.24, 2.45) is 0 Å². The van der Waals surface area contributed by atoms with Gasteiger partial charge in [0.2, 0.25) is 0 Å². The van der Waals surface area contributed by atoms with E-state index in [-0.39, 0.29) is 17.0 Å². The van der Waals surface area contributed by atoms with Crippen molar-refractivity contribution in [1.29, 1.82) is 0 Å². The van der Waals surface area contributed by atoms with Gasteiger partial charge in [-0.2, -0.15) is 13.2 Å². The van der Waals surface area contributed by atoms with E-state index >= 15 is 0 Å². The molecule has 1 atom stereocenters. The standard InChI is InChI=1S/C28H18F3NO4/c29-28(30,31)20-9-11-21(12-10-20)32-24(17-7-13-22(33)14-8-17)23(26(35)27(32)36)25(34)19-6-5-16-3-1-2-4-18(16)15-19/h1-15,24,33-34H/b25-23-. The van der Waals surface area contributed by atoms with E-state index in [0.717, 1.165) is 39.9 Å². The number of aromatic hydroxyl groups is 1. The molecule has 4 aromatic rings. The average Bonchev–Trinajstić information content (AvgIpc) is 3.13. The third-order valence-electron chi connectivity index (χ3n) is 6.15. The number of amides is 1. The minimum Gasteiger partial charge on any atom is -0.508 e. The van der Waals surface area contributed by atoms with Gasteiger partial charge < -0.3 is 10.2 Å². The maximum absolute atomic E-state index is 13.2. The molecule has 1 heterocycles. The van der Waals surface area contributed by atoms with Gasteiger partial charge >= 0.3 is 6.18 Å². The Kier molecular flexibility index (Phi) is 5.51. The van der Waals surface area contributed by atoms with Crippen LogP contribution in [0.4, 0.5) is 18.9 Å². The van der Waals surface area contributed by atoms with Crippen LogP contribution in [-0.2, 0) is 15.8 Å². The molecule has 0 bridgehead atoms. The molecule has 1 amide bonds. The number of phenols is 1. The van der Waals surface area contributed by atoms with Crippen molar-refractivity contribution < 1.29 is 33.0 Å². The number of hydrogen-bond donors (Lipinski definition) is 2. The van der Waals surface area contributed by atoms with E-state index in [1.54, 1.807) is 18.2 Å². The molecule has 180 valence electrons. The molecule has 1 unspecified atom stereocenters. The van der Waals surface area contributed by atoms with Crippen molar-refractivity contribution in [3.8, 4) is 5.75 Å². The van der Waals surface area contributed by atoms with Gasteiger partial charge in [0.25, 0.3) is 11.7 Å². The molecule has 8 heteroatoms. The SMILES string of the molecule is O=C1C(=O)N(c2ccc(C(F)(F)F)cc2)C(c2ccc(O)cc2)/C1=C(/O)c1ccc2ccccc2c1. The zero-order valence-electron chi connectivity index (χ0n) is 18.5. The number of carbonyl (C=O) groups excluding carboxylic acids is 2. The smallest absolute Gasteiger partial charge is 0.416 e. The van der Waals surface area contributed by atoms with Crippen LogP contribution in [-0.4, -0.2) is 21.9 Å². The van der Waals surface area contributed by atoms with Crippen LogP contribution in [0.25, 0.3) is 16.5 Å². The van der Waals surface area contributed by atoms with E-state index in [9.17, 15) is 33.0 Å². The third kappa shape index (κ3) is 3.96. The molecular weight excluding hydrogens is 471 g/mol. The van der Waals surface area contributed by atoms with Crippen molar-refractivity contribution >= 4 is 33.9 Å². The van der Waals surface area contributed by atoms with Gasteiger partial charge in [0, 0.05) is 11.3 Å². The van der Waals surface area contributed by atoms with Gasteiger partial charge in [0.1, 0.15) is 11.5 Å². The first-order valence-electron chi connectivity index (χ1n) is 10.9. The second-order valence-electron chi connectivity index (χ2n) is 8.37. The lowest BCUT2D eigenvalue weighted by Gasteiger charge is -2.25. The number of nitrogens with zero attached hydrogens (tertiary/aromatic N) is 1. The molecular formula is C28H18F3NO4. The summed E-state index contributed by atoms with van der Waals surface area (Å²) in [6, 6.07) is 20.9. The zero-order valence-corrected chi connectivity index (χ0v) is 18.5. The van der Waals surface area contributed by atoms with E-state index in [1.807, 2.05) is 24.3 Å². The van der Waals surface area contributed by atoms with Gasteiger partial charge in [0.05, 0.1) is 17.2 Å². The van der Waals surface area contributed by atoms with Crippen molar-refractivity contribution in [2.45, 2.75) is 12.2 Å². The van der Waals surface area contributed by atoms with Crippen LogP contribution in [0.3, 0.4) is 0 Å². The number of phenolic OH excluding ortho intramolecular Hbond substituents is 1. The fourth-order valence-electron chi connectivity index (χ4n) is 4.37. The predicted octanol–water partition coefficient (Wildman–Crippen LogP) is 6.19. The maximum atomic E-state index is 13.2. The van der Waals surface area contributed by atoms with E-state index < -0.39 is 35.2 Å². The highest BCUT2D eigenvalue weighted by atomic mass is 19.4. The molecule has 0 saturated carbocycles. The minimum absolute atomic E-state index is 0.0558. The Morgan fingerprint density at radius 1 is 0.806 bits per heavy atom. The molecule has 5 rings (SSSR count). The quantitative estimate of drug-likeness (QED) is 0.204. The lowest BCUT2D eigenvalue weighted by Crippen LogP contribution is -2.29. The van der Waals surface area contributed by atoms with Gasteiger partial charge in [-0.3, -0.25) is 14.5 Å².